The quantitative estimate of drug-likeness (QED) is 0.472. The molecular formula is C21H17N3O6S. The van der Waals surface area contributed by atoms with E-state index in [2.05, 4.69) is 4.98 Å². The van der Waals surface area contributed by atoms with Gasteiger partial charge in [-0.15, -0.1) is 0 Å². The number of benzene rings is 1. The second-order valence-electron chi connectivity index (χ2n) is 6.97. The van der Waals surface area contributed by atoms with Crippen molar-refractivity contribution < 1.29 is 12.8 Å². The smallest absolute Gasteiger partial charge is 0.340 e. The van der Waals surface area contributed by atoms with Crippen LogP contribution in [0.2, 0.25) is 0 Å². The van der Waals surface area contributed by atoms with E-state index in [0.29, 0.717) is 5.69 Å². The maximum atomic E-state index is 13.4. The van der Waals surface area contributed by atoms with Crippen molar-refractivity contribution >= 4 is 20.9 Å². The van der Waals surface area contributed by atoms with Gasteiger partial charge in [0.2, 0.25) is 0 Å². The summed E-state index contributed by atoms with van der Waals surface area (Å²) in [6.07, 6.45) is 3.74. The SMILES string of the molecule is CC(c1cccoc1=O)n1c(=O)c2cccnc2n(-c2ccc(S(C)(=O)=O)cc2)c1=O. The highest BCUT2D eigenvalue weighted by atomic mass is 32.2. The highest BCUT2D eigenvalue weighted by molar-refractivity contribution is 7.90. The van der Waals surface area contributed by atoms with Gasteiger partial charge in [-0.3, -0.25) is 9.36 Å². The van der Waals surface area contributed by atoms with Gasteiger partial charge >= 0.3 is 11.3 Å². The number of aromatic nitrogens is 3. The molecule has 4 rings (SSSR count). The largest absolute Gasteiger partial charge is 0.431 e. The molecule has 0 aliphatic heterocycles. The predicted molar refractivity (Wildman–Crippen MR) is 114 cm³/mol. The topological polar surface area (TPSA) is 121 Å². The van der Waals surface area contributed by atoms with E-state index >= 15 is 0 Å². The summed E-state index contributed by atoms with van der Waals surface area (Å²) in [5, 5.41) is 0.168. The summed E-state index contributed by atoms with van der Waals surface area (Å²) >= 11 is 0. The molecule has 0 N–H and O–H groups in total. The lowest BCUT2D eigenvalue weighted by atomic mass is 10.1. The van der Waals surface area contributed by atoms with Gasteiger partial charge in [0, 0.05) is 12.5 Å². The van der Waals surface area contributed by atoms with Crippen LogP contribution in [0.1, 0.15) is 18.5 Å². The van der Waals surface area contributed by atoms with Crippen LogP contribution in [0.5, 0.6) is 0 Å². The maximum Gasteiger partial charge on any atom is 0.340 e. The van der Waals surface area contributed by atoms with Crippen molar-refractivity contribution in [1.29, 1.82) is 0 Å². The summed E-state index contributed by atoms with van der Waals surface area (Å²) in [6, 6.07) is 10.8. The van der Waals surface area contributed by atoms with E-state index in [0.717, 1.165) is 10.8 Å². The molecule has 3 aromatic heterocycles. The maximum absolute atomic E-state index is 13.4. The van der Waals surface area contributed by atoms with Gasteiger partial charge in [-0.1, -0.05) is 0 Å². The van der Waals surface area contributed by atoms with Crippen LogP contribution in [0, 0.1) is 0 Å². The van der Waals surface area contributed by atoms with Crippen molar-refractivity contribution in [3.8, 4) is 5.69 Å². The van der Waals surface area contributed by atoms with E-state index < -0.39 is 32.8 Å². The molecule has 0 saturated heterocycles. The van der Waals surface area contributed by atoms with Crippen molar-refractivity contribution in [3.05, 3.63) is 97.8 Å². The minimum Gasteiger partial charge on any atom is -0.431 e. The molecule has 1 aromatic carbocycles. The molecule has 10 heteroatoms. The fraction of sp³-hybridized carbons (Fsp3) is 0.143. The second kappa shape index (κ2) is 7.47. The normalized spacial score (nSPS) is 12.7. The molecule has 0 aliphatic carbocycles. The Morgan fingerprint density at radius 2 is 1.71 bits per heavy atom. The number of pyridine rings is 1. The van der Waals surface area contributed by atoms with Crippen LogP contribution in [0.4, 0.5) is 0 Å². The van der Waals surface area contributed by atoms with Gasteiger partial charge in [0.1, 0.15) is 0 Å². The molecule has 0 radical (unpaired) electrons. The fourth-order valence-corrected chi connectivity index (χ4v) is 4.03. The standard InChI is InChI=1S/C21H17N3O6S/c1-13(16-6-4-12-30-20(16)26)23-19(25)17-5-3-11-22-18(17)24(21(23)27)14-7-9-15(10-8-14)31(2,28)29/h3-13H,1-2H3. The van der Waals surface area contributed by atoms with Gasteiger partial charge in [0.25, 0.3) is 5.56 Å². The molecule has 3 heterocycles. The van der Waals surface area contributed by atoms with Crippen LogP contribution >= 0.6 is 0 Å². The Hall–Kier alpha value is -3.79. The lowest BCUT2D eigenvalue weighted by molar-refractivity contribution is 0.476. The monoisotopic (exact) mass is 439 g/mol. The molecule has 0 amide bonds. The van der Waals surface area contributed by atoms with Crippen LogP contribution in [-0.2, 0) is 9.84 Å². The van der Waals surface area contributed by atoms with Crippen molar-refractivity contribution in [3.63, 3.8) is 0 Å². The Kier molecular flexibility index (Phi) is 4.94. The second-order valence-corrected chi connectivity index (χ2v) is 8.98. The summed E-state index contributed by atoms with van der Waals surface area (Å²) < 4.78 is 30.6. The third-order valence-corrected chi connectivity index (χ3v) is 6.10. The zero-order valence-corrected chi connectivity index (χ0v) is 17.4. The lowest BCUT2D eigenvalue weighted by Crippen LogP contribution is -2.42. The number of rotatable bonds is 4. The van der Waals surface area contributed by atoms with E-state index in [1.54, 1.807) is 13.0 Å². The highest BCUT2D eigenvalue weighted by Crippen LogP contribution is 2.17. The molecule has 9 nitrogen and oxygen atoms in total. The Labute approximate surface area is 175 Å². The van der Waals surface area contributed by atoms with E-state index in [1.807, 2.05) is 0 Å². The van der Waals surface area contributed by atoms with Crippen molar-refractivity contribution in [1.82, 2.24) is 14.1 Å². The predicted octanol–water partition coefficient (Wildman–Crippen LogP) is 1.51. The third kappa shape index (κ3) is 3.50. The summed E-state index contributed by atoms with van der Waals surface area (Å²) in [7, 11) is -3.43. The average molecular weight is 439 g/mol. The Morgan fingerprint density at radius 1 is 1.00 bits per heavy atom. The summed E-state index contributed by atoms with van der Waals surface area (Å²) in [5.41, 5.74) is -1.40. The summed E-state index contributed by atoms with van der Waals surface area (Å²) in [4.78, 5) is 43.0. The van der Waals surface area contributed by atoms with Gasteiger partial charge in [-0.05, 0) is 55.5 Å². The van der Waals surface area contributed by atoms with Gasteiger partial charge < -0.3 is 4.42 Å². The molecule has 158 valence electrons. The van der Waals surface area contributed by atoms with Crippen LogP contribution in [-0.4, -0.2) is 28.8 Å². The van der Waals surface area contributed by atoms with Crippen molar-refractivity contribution in [2.24, 2.45) is 0 Å². The van der Waals surface area contributed by atoms with E-state index in [-0.39, 0.29) is 21.5 Å². The Morgan fingerprint density at radius 3 is 2.35 bits per heavy atom. The third-order valence-electron chi connectivity index (χ3n) is 4.97. The zero-order chi connectivity index (χ0) is 22.3. The van der Waals surface area contributed by atoms with Crippen LogP contribution in [0.25, 0.3) is 16.7 Å². The molecule has 31 heavy (non-hydrogen) atoms. The van der Waals surface area contributed by atoms with Crippen molar-refractivity contribution in [2.75, 3.05) is 6.26 Å². The zero-order valence-electron chi connectivity index (χ0n) is 16.6. The average Bonchev–Trinajstić information content (AvgIpc) is 2.74. The Balaban J connectivity index is 2.05. The van der Waals surface area contributed by atoms with Gasteiger partial charge in [-0.2, -0.15) is 0 Å². The van der Waals surface area contributed by atoms with Crippen LogP contribution in [0.15, 0.2) is 84.7 Å². The first-order chi connectivity index (χ1) is 14.7. The lowest BCUT2D eigenvalue weighted by Gasteiger charge is -2.17. The minimum atomic E-state index is -3.43. The molecule has 0 bridgehead atoms. The van der Waals surface area contributed by atoms with Crippen LogP contribution in [0.3, 0.4) is 0 Å². The molecule has 1 unspecified atom stereocenters. The van der Waals surface area contributed by atoms with E-state index in [1.165, 1.54) is 59.5 Å². The molecule has 4 aromatic rings. The number of hydrogen-bond acceptors (Lipinski definition) is 7. The fourth-order valence-electron chi connectivity index (χ4n) is 3.40. The first kappa shape index (κ1) is 20.5. The first-order valence-corrected chi connectivity index (χ1v) is 11.1. The molecule has 0 spiro atoms. The van der Waals surface area contributed by atoms with E-state index in [9.17, 15) is 22.8 Å². The number of nitrogens with zero attached hydrogens (tertiary/aromatic N) is 3. The molecule has 0 fully saturated rings. The van der Waals surface area contributed by atoms with Crippen LogP contribution < -0.4 is 16.9 Å². The van der Waals surface area contributed by atoms with Gasteiger partial charge in [0.15, 0.2) is 15.5 Å². The highest BCUT2D eigenvalue weighted by Gasteiger charge is 2.22. The van der Waals surface area contributed by atoms with E-state index in [4.69, 9.17) is 4.42 Å². The minimum absolute atomic E-state index is 0.0881. The van der Waals surface area contributed by atoms with Gasteiger partial charge in [-0.25, -0.2) is 27.6 Å². The molecule has 1 atom stereocenters. The molecule has 0 aliphatic rings. The summed E-state index contributed by atoms with van der Waals surface area (Å²) in [5.74, 6) is 0. The first-order valence-electron chi connectivity index (χ1n) is 9.20. The molecular weight excluding hydrogens is 422 g/mol. The molecule has 0 saturated carbocycles. The number of sulfone groups is 1. The van der Waals surface area contributed by atoms with Crippen molar-refractivity contribution in [2.45, 2.75) is 17.9 Å². The number of hydrogen-bond donors (Lipinski definition) is 0. The summed E-state index contributed by atoms with van der Waals surface area (Å²) in [6.45, 7) is 1.55. The number of fused-ring (bicyclic) bond motifs is 1. The Bertz CT molecular complexity index is 1580. The van der Waals surface area contributed by atoms with Gasteiger partial charge in [0.05, 0.1) is 33.8 Å².